The van der Waals surface area contributed by atoms with E-state index in [0.29, 0.717) is 12.6 Å². The zero-order chi connectivity index (χ0) is 12.3. The Hall–Kier alpha value is -1.13. The van der Waals surface area contributed by atoms with E-state index in [4.69, 9.17) is 5.73 Å². The van der Waals surface area contributed by atoms with Gasteiger partial charge in [-0.3, -0.25) is 4.98 Å². The molecule has 0 aromatic carbocycles. The average Bonchev–Trinajstić information content (AvgIpc) is 2.50. The molecule has 94 valence electrons. The first-order valence-corrected chi connectivity index (χ1v) is 6.31. The van der Waals surface area contributed by atoms with Gasteiger partial charge < -0.3 is 15.5 Å². The molecule has 1 unspecified atom stereocenters. The molecule has 4 nitrogen and oxygen atoms in total. The Morgan fingerprint density at radius 2 is 2.24 bits per heavy atom. The molecule has 0 saturated carbocycles. The largest absolute Gasteiger partial charge is 0.366 e. The first kappa shape index (κ1) is 12.3. The maximum absolute atomic E-state index is 5.57. The highest BCUT2D eigenvalue weighted by molar-refractivity contribution is 5.45. The van der Waals surface area contributed by atoms with Gasteiger partial charge in [0.1, 0.15) is 0 Å². The fourth-order valence-corrected chi connectivity index (χ4v) is 2.46. The number of nitrogens with zero attached hydrogens (tertiary/aromatic N) is 3. The average molecular weight is 234 g/mol. The lowest BCUT2D eigenvalue weighted by Crippen LogP contribution is -2.38. The summed E-state index contributed by atoms with van der Waals surface area (Å²) in [6.45, 7) is 6.18. The number of hydrogen-bond donors (Lipinski definition) is 1. The van der Waals surface area contributed by atoms with Gasteiger partial charge in [0.15, 0.2) is 0 Å². The lowest BCUT2D eigenvalue weighted by molar-refractivity contribution is 0.337. The van der Waals surface area contributed by atoms with Crippen LogP contribution in [0.2, 0.25) is 0 Å². The number of likely N-dealkylation sites (N-methyl/N-ethyl adjacent to an activating group) is 1. The summed E-state index contributed by atoms with van der Waals surface area (Å²) in [6, 6.07) is 4.70. The van der Waals surface area contributed by atoms with Crippen LogP contribution in [0.4, 0.5) is 5.69 Å². The highest BCUT2D eigenvalue weighted by atomic mass is 15.2. The number of pyridine rings is 1. The third kappa shape index (κ3) is 2.96. The van der Waals surface area contributed by atoms with E-state index in [1.165, 1.54) is 18.7 Å². The molecule has 0 spiro atoms. The van der Waals surface area contributed by atoms with Crippen LogP contribution in [0.15, 0.2) is 18.3 Å². The predicted octanol–water partition coefficient (Wildman–Crippen LogP) is 1.07. The van der Waals surface area contributed by atoms with Gasteiger partial charge in [-0.05, 0) is 39.1 Å². The van der Waals surface area contributed by atoms with Crippen LogP contribution in [-0.2, 0) is 6.54 Å². The Morgan fingerprint density at radius 1 is 1.41 bits per heavy atom. The molecule has 1 fully saturated rings. The second kappa shape index (κ2) is 5.47. The monoisotopic (exact) mass is 234 g/mol. The summed E-state index contributed by atoms with van der Waals surface area (Å²) in [7, 11) is 2.19. The number of rotatable bonds is 2. The van der Waals surface area contributed by atoms with Gasteiger partial charge in [0.25, 0.3) is 0 Å². The number of aromatic nitrogens is 1. The Bertz CT molecular complexity index is 349. The van der Waals surface area contributed by atoms with E-state index in [1.54, 1.807) is 0 Å². The zero-order valence-corrected chi connectivity index (χ0v) is 10.8. The van der Waals surface area contributed by atoms with E-state index in [1.807, 2.05) is 12.3 Å². The summed E-state index contributed by atoms with van der Waals surface area (Å²) in [4.78, 5) is 9.21. The smallest absolute Gasteiger partial charge is 0.0555 e. The predicted molar refractivity (Wildman–Crippen MR) is 71.1 cm³/mol. The van der Waals surface area contributed by atoms with E-state index in [-0.39, 0.29) is 0 Å². The van der Waals surface area contributed by atoms with Crippen LogP contribution in [0.3, 0.4) is 0 Å². The lowest BCUT2D eigenvalue weighted by atomic mass is 10.2. The van der Waals surface area contributed by atoms with Crippen molar-refractivity contribution in [1.29, 1.82) is 0 Å². The Labute approximate surface area is 103 Å². The third-order valence-electron chi connectivity index (χ3n) is 3.40. The second-order valence-corrected chi connectivity index (χ2v) is 4.87. The van der Waals surface area contributed by atoms with E-state index in [9.17, 15) is 0 Å². The summed E-state index contributed by atoms with van der Waals surface area (Å²) < 4.78 is 0. The van der Waals surface area contributed by atoms with Gasteiger partial charge in [-0.25, -0.2) is 0 Å². The van der Waals surface area contributed by atoms with Crippen molar-refractivity contribution >= 4 is 5.69 Å². The van der Waals surface area contributed by atoms with Crippen LogP contribution in [0.1, 0.15) is 19.0 Å². The molecule has 2 heterocycles. The number of hydrogen-bond acceptors (Lipinski definition) is 4. The zero-order valence-electron chi connectivity index (χ0n) is 10.8. The van der Waals surface area contributed by atoms with E-state index in [0.717, 1.165) is 18.8 Å². The molecular formula is C13H22N4. The van der Waals surface area contributed by atoms with Crippen LogP contribution < -0.4 is 10.6 Å². The van der Waals surface area contributed by atoms with Crippen molar-refractivity contribution in [1.82, 2.24) is 9.88 Å². The summed E-state index contributed by atoms with van der Waals surface area (Å²) in [5.41, 5.74) is 7.73. The van der Waals surface area contributed by atoms with Crippen LogP contribution in [-0.4, -0.2) is 42.6 Å². The topological polar surface area (TPSA) is 45.4 Å². The molecule has 1 aliphatic rings. The number of anilines is 1. The second-order valence-electron chi connectivity index (χ2n) is 4.87. The van der Waals surface area contributed by atoms with Crippen molar-refractivity contribution in [3.05, 3.63) is 24.0 Å². The van der Waals surface area contributed by atoms with Gasteiger partial charge in [0.05, 0.1) is 17.6 Å². The van der Waals surface area contributed by atoms with Crippen molar-refractivity contribution in [2.75, 3.05) is 31.6 Å². The van der Waals surface area contributed by atoms with Crippen LogP contribution in [0.5, 0.6) is 0 Å². The van der Waals surface area contributed by atoms with Gasteiger partial charge in [0.2, 0.25) is 0 Å². The molecule has 1 saturated heterocycles. The molecule has 2 N–H and O–H groups in total. The molecule has 17 heavy (non-hydrogen) atoms. The molecule has 4 heteroatoms. The molecule has 1 aromatic heterocycles. The first-order valence-electron chi connectivity index (χ1n) is 6.31. The van der Waals surface area contributed by atoms with Gasteiger partial charge in [-0.1, -0.05) is 0 Å². The Balaban J connectivity index is 2.13. The molecular weight excluding hydrogens is 212 g/mol. The van der Waals surface area contributed by atoms with Crippen molar-refractivity contribution in [3.63, 3.8) is 0 Å². The SMILES string of the molecule is CC1CN(C)CCCN1c1ccc(CN)nc1. The van der Waals surface area contributed by atoms with Gasteiger partial charge in [0, 0.05) is 25.7 Å². The Morgan fingerprint density at radius 3 is 2.88 bits per heavy atom. The van der Waals surface area contributed by atoms with Crippen molar-refractivity contribution in [3.8, 4) is 0 Å². The van der Waals surface area contributed by atoms with E-state index < -0.39 is 0 Å². The molecule has 0 bridgehead atoms. The van der Waals surface area contributed by atoms with Gasteiger partial charge >= 0.3 is 0 Å². The minimum atomic E-state index is 0.512. The van der Waals surface area contributed by atoms with Gasteiger partial charge in [-0.2, -0.15) is 0 Å². The minimum absolute atomic E-state index is 0.512. The first-order chi connectivity index (χ1) is 8.20. The maximum atomic E-state index is 5.57. The van der Waals surface area contributed by atoms with Crippen molar-refractivity contribution < 1.29 is 0 Å². The van der Waals surface area contributed by atoms with Gasteiger partial charge in [-0.15, -0.1) is 0 Å². The molecule has 0 radical (unpaired) electrons. The summed E-state index contributed by atoms with van der Waals surface area (Å²) >= 11 is 0. The summed E-state index contributed by atoms with van der Waals surface area (Å²) in [5.74, 6) is 0. The minimum Gasteiger partial charge on any atom is -0.366 e. The quantitative estimate of drug-likeness (QED) is 0.831. The molecule has 1 atom stereocenters. The number of nitrogens with two attached hydrogens (primary N) is 1. The highest BCUT2D eigenvalue weighted by Gasteiger charge is 2.19. The molecule has 1 aliphatic heterocycles. The standard InChI is InChI=1S/C13H22N4/c1-11-10-16(2)6-3-7-17(11)13-5-4-12(8-14)15-9-13/h4-5,9,11H,3,6-8,10,14H2,1-2H3. The fourth-order valence-electron chi connectivity index (χ4n) is 2.46. The van der Waals surface area contributed by atoms with E-state index in [2.05, 4.69) is 34.8 Å². The summed E-state index contributed by atoms with van der Waals surface area (Å²) in [5, 5.41) is 0. The highest BCUT2D eigenvalue weighted by Crippen LogP contribution is 2.19. The van der Waals surface area contributed by atoms with Crippen LogP contribution >= 0.6 is 0 Å². The van der Waals surface area contributed by atoms with Crippen LogP contribution in [0, 0.1) is 0 Å². The van der Waals surface area contributed by atoms with E-state index >= 15 is 0 Å². The van der Waals surface area contributed by atoms with Crippen molar-refractivity contribution in [2.24, 2.45) is 5.73 Å². The normalized spacial score (nSPS) is 22.5. The molecule has 0 amide bonds. The lowest BCUT2D eigenvalue weighted by Gasteiger charge is -2.29. The fraction of sp³-hybridized carbons (Fsp3) is 0.615. The molecule has 0 aliphatic carbocycles. The van der Waals surface area contributed by atoms with Crippen LogP contribution in [0.25, 0.3) is 0 Å². The molecule has 2 rings (SSSR count). The van der Waals surface area contributed by atoms with Crippen molar-refractivity contribution in [2.45, 2.75) is 25.9 Å². The summed E-state index contributed by atoms with van der Waals surface area (Å²) in [6.07, 6.45) is 3.16. The third-order valence-corrected chi connectivity index (χ3v) is 3.40. The maximum Gasteiger partial charge on any atom is 0.0555 e. The molecule has 1 aromatic rings. The Kier molecular flexibility index (Phi) is 3.97.